The van der Waals surface area contributed by atoms with Crippen LogP contribution in [0.3, 0.4) is 0 Å². The quantitative estimate of drug-likeness (QED) is 0.505. The number of rotatable bonds is 2. The van der Waals surface area contributed by atoms with E-state index in [2.05, 4.69) is 16.0 Å². The molecule has 2 aromatic rings. The molecule has 0 aliphatic carbocycles. The zero-order valence-corrected chi connectivity index (χ0v) is 20.6. The average molecular weight is 496 g/mol. The molecule has 36 heavy (non-hydrogen) atoms. The summed E-state index contributed by atoms with van der Waals surface area (Å²) < 4.78 is 17.0. The number of fused-ring (bicyclic) bond motifs is 15. The second-order valence-electron chi connectivity index (χ2n) is 8.11. The van der Waals surface area contributed by atoms with Gasteiger partial charge in [-0.25, -0.2) is 0 Å². The van der Waals surface area contributed by atoms with Gasteiger partial charge in [0.2, 0.25) is 17.6 Å². The zero-order valence-electron chi connectivity index (χ0n) is 20.6. The summed E-state index contributed by atoms with van der Waals surface area (Å²) in [5, 5.41) is 19.4. The van der Waals surface area contributed by atoms with Gasteiger partial charge in [0.15, 0.2) is 23.0 Å². The summed E-state index contributed by atoms with van der Waals surface area (Å²) in [5.41, 5.74) is 1.30. The van der Waals surface area contributed by atoms with Crippen LogP contribution in [0.5, 0.6) is 28.7 Å². The topological polar surface area (TPSA) is 118 Å². The summed E-state index contributed by atoms with van der Waals surface area (Å²) in [6, 6.07) is 8.18. The maximum atomic E-state index is 12.2. The van der Waals surface area contributed by atoms with Crippen molar-refractivity contribution in [1.29, 1.82) is 0 Å². The standard InChI is InChI=1S/C27H33N3O6/c1-34-26-20-8-11-22(27(26)35-2)36-23-18-19(6-10-21(23)31)7-12-24(32)30-17-5-15-28-14-3-4-16-29-25(33)13-9-20/h6-13,18,28,31H,3-5,14-17H2,1-2H3,(H,29,33)(H,30,32). The second-order valence-corrected chi connectivity index (χ2v) is 8.11. The Balaban J connectivity index is 1.90. The van der Waals surface area contributed by atoms with E-state index >= 15 is 0 Å². The van der Waals surface area contributed by atoms with Crippen LogP contribution in [0.1, 0.15) is 30.4 Å². The van der Waals surface area contributed by atoms with Crippen molar-refractivity contribution in [3.63, 3.8) is 0 Å². The Morgan fingerprint density at radius 3 is 2.17 bits per heavy atom. The van der Waals surface area contributed by atoms with Gasteiger partial charge in [-0.2, -0.15) is 0 Å². The lowest BCUT2D eigenvalue weighted by atomic mass is 10.1. The minimum Gasteiger partial charge on any atom is -0.504 e. The first-order valence-electron chi connectivity index (χ1n) is 11.9. The number of ether oxygens (including phenoxy) is 3. The molecule has 2 amide bonds. The summed E-state index contributed by atoms with van der Waals surface area (Å²) >= 11 is 0. The van der Waals surface area contributed by atoms with Crippen molar-refractivity contribution in [3.05, 3.63) is 53.6 Å². The van der Waals surface area contributed by atoms with Crippen molar-refractivity contribution in [1.82, 2.24) is 16.0 Å². The molecule has 2 aliphatic heterocycles. The Hall–Kier alpha value is -3.98. The van der Waals surface area contributed by atoms with Crippen LogP contribution in [-0.4, -0.2) is 57.3 Å². The number of amides is 2. The number of phenols is 1. The maximum Gasteiger partial charge on any atom is 0.244 e. The molecule has 2 aromatic carbocycles. The molecule has 192 valence electrons. The molecule has 0 saturated carbocycles. The maximum absolute atomic E-state index is 12.2. The summed E-state index contributed by atoms with van der Waals surface area (Å²) in [5.74, 6) is 0.699. The SMILES string of the molecule is COc1c2ccc(c1OC)Oc1cc(ccc1O)C=CC(=O)NCCCNCCCCNC(=O)C=C2. The third kappa shape index (κ3) is 7.78. The van der Waals surface area contributed by atoms with Gasteiger partial charge >= 0.3 is 0 Å². The Labute approximate surface area is 211 Å². The van der Waals surface area contributed by atoms with Gasteiger partial charge in [0, 0.05) is 30.8 Å². The average Bonchev–Trinajstić information content (AvgIpc) is 2.88. The fraction of sp³-hybridized carbons (Fsp3) is 0.333. The van der Waals surface area contributed by atoms with E-state index in [0.29, 0.717) is 41.5 Å². The predicted molar refractivity (Wildman–Crippen MR) is 139 cm³/mol. The van der Waals surface area contributed by atoms with Gasteiger partial charge in [-0.3, -0.25) is 9.59 Å². The number of carbonyl (C=O) groups excluding carboxylic acids is 2. The fourth-order valence-electron chi connectivity index (χ4n) is 3.60. The van der Waals surface area contributed by atoms with E-state index in [1.54, 1.807) is 36.4 Å². The van der Waals surface area contributed by atoms with E-state index in [4.69, 9.17) is 14.2 Å². The molecule has 4 rings (SSSR count). The van der Waals surface area contributed by atoms with Gasteiger partial charge in [-0.05, 0) is 74.3 Å². The molecule has 9 heteroatoms. The minimum absolute atomic E-state index is 0.0767. The van der Waals surface area contributed by atoms with Crippen molar-refractivity contribution in [2.75, 3.05) is 40.4 Å². The molecule has 4 N–H and O–H groups in total. The normalized spacial score (nSPS) is 15.8. The van der Waals surface area contributed by atoms with E-state index < -0.39 is 0 Å². The lowest BCUT2D eigenvalue weighted by Crippen LogP contribution is -2.27. The Kier molecular flexibility index (Phi) is 10.2. The van der Waals surface area contributed by atoms with Crippen molar-refractivity contribution in [3.8, 4) is 28.7 Å². The van der Waals surface area contributed by atoms with Crippen LogP contribution in [-0.2, 0) is 9.59 Å². The van der Waals surface area contributed by atoms with E-state index in [-0.39, 0.29) is 23.3 Å². The number of hydrogen-bond acceptors (Lipinski definition) is 7. The van der Waals surface area contributed by atoms with Crippen LogP contribution in [0, 0.1) is 0 Å². The highest BCUT2D eigenvalue weighted by molar-refractivity contribution is 5.92. The van der Waals surface area contributed by atoms with E-state index in [9.17, 15) is 14.7 Å². The lowest BCUT2D eigenvalue weighted by Gasteiger charge is -2.16. The van der Waals surface area contributed by atoms with Crippen molar-refractivity contribution in [2.24, 2.45) is 0 Å². The van der Waals surface area contributed by atoms with Crippen LogP contribution < -0.4 is 30.2 Å². The van der Waals surface area contributed by atoms with Crippen LogP contribution >= 0.6 is 0 Å². The van der Waals surface area contributed by atoms with Crippen molar-refractivity contribution in [2.45, 2.75) is 19.3 Å². The highest BCUT2D eigenvalue weighted by Gasteiger charge is 2.17. The highest BCUT2D eigenvalue weighted by atomic mass is 16.5. The van der Waals surface area contributed by atoms with Crippen molar-refractivity contribution < 1.29 is 28.9 Å². The first kappa shape index (κ1) is 26.6. The van der Waals surface area contributed by atoms with Crippen LogP contribution in [0.2, 0.25) is 0 Å². The molecular formula is C27H33N3O6. The molecule has 0 spiro atoms. The molecule has 0 unspecified atom stereocenters. The second kappa shape index (κ2) is 13.8. The Morgan fingerprint density at radius 1 is 0.750 bits per heavy atom. The van der Waals surface area contributed by atoms with E-state index in [1.807, 2.05) is 0 Å². The molecule has 0 atom stereocenters. The molecule has 0 fully saturated rings. The van der Waals surface area contributed by atoms with Gasteiger partial charge in [-0.15, -0.1) is 0 Å². The molecule has 0 aromatic heterocycles. The number of hydrogen-bond donors (Lipinski definition) is 4. The van der Waals surface area contributed by atoms with Crippen LogP contribution in [0.25, 0.3) is 12.2 Å². The summed E-state index contributed by atoms with van der Waals surface area (Å²) in [7, 11) is 2.97. The van der Waals surface area contributed by atoms with Crippen LogP contribution in [0.15, 0.2) is 42.5 Å². The molecule has 9 nitrogen and oxygen atoms in total. The van der Waals surface area contributed by atoms with Crippen molar-refractivity contribution >= 4 is 24.0 Å². The third-order valence-corrected chi connectivity index (χ3v) is 5.47. The number of benzene rings is 2. The van der Waals surface area contributed by atoms with Gasteiger partial charge in [0.1, 0.15) is 0 Å². The minimum atomic E-state index is -0.204. The molecule has 0 saturated heterocycles. The number of carbonyl (C=O) groups is 2. The van der Waals surface area contributed by atoms with Gasteiger partial charge < -0.3 is 35.3 Å². The molecular weight excluding hydrogens is 462 g/mol. The monoisotopic (exact) mass is 495 g/mol. The Bertz CT molecular complexity index is 1110. The smallest absolute Gasteiger partial charge is 0.244 e. The summed E-state index contributed by atoms with van der Waals surface area (Å²) in [6.07, 6.45) is 8.78. The molecule has 0 radical (unpaired) electrons. The first-order chi connectivity index (χ1) is 17.5. The molecule has 2 heterocycles. The third-order valence-electron chi connectivity index (χ3n) is 5.47. The van der Waals surface area contributed by atoms with Gasteiger partial charge in [0.25, 0.3) is 0 Å². The fourth-order valence-corrected chi connectivity index (χ4v) is 3.60. The van der Waals surface area contributed by atoms with Gasteiger partial charge in [0.05, 0.1) is 14.2 Å². The largest absolute Gasteiger partial charge is 0.504 e. The molecule has 4 bridgehead atoms. The van der Waals surface area contributed by atoms with E-state index in [0.717, 1.165) is 32.4 Å². The zero-order chi connectivity index (χ0) is 25.8. The molecule has 2 aliphatic rings. The van der Waals surface area contributed by atoms with Crippen LogP contribution in [0.4, 0.5) is 0 Å². The first-order valence-corrected chi connectivity index (χ1v) is 11.9. The summed E-state index contributed by atoms with van der Waals surface area (Å²) in [6.45, 7) is 2.76. The highest BCUT2D eigenvalue weighted by Crippen LogP contribution is 2.44. The predicted octanol–water partition coefficient (Wildman–Crippen LogP) is 3.23. The van der Waals surface area contributed by atoms with Gasteiger partial charge in [-0.1, -0.05) is 6.07 Å². The van der Waals surface area contributed by atoms with E-state index in [1.165, 1.54) is 32.4 Å². The number of methoxy groups -OCH3 is 2. The number of nitrogens with one attached hydrogen (secondary N) is 3. The number of phenolic OH excluding ortho intramolecular Hbond substituents is 1. The Morgan fingerprint density at radius 2 is 1.42 bits per heavy atom. The number of aromatic hydroxyl groups is 1. The lowest BCUT2D eigenvalue weighted by molar-refractivity contribution is -0.117. The summed E-state index contributed by atoms with van der Waals surface area (Å²) in [4.78, 5) is 24.4.